The summed E-state index contributed by atoms with van der Waals surface area (Å²) in [4.78, 5) is 12.2. The van der Waals surface area contributed by atoms with Crippen molar-refractivity contribution in [2.75, 3.05) is 11.1 Å². The molecule has 0 aliphatic heterocycles. The van der Waals surface area contributed by atoms with Gasteiger partial charge in [0.15, 0.2) is 17.1 Å². The molecule has 10 heteroatoms. The van der Waals surface area contributed by atoms with Gasteiger partial charge in [0, 0.05) is 6.54 Å². The van der Waals surface area contributed by atoms with Crippen molar-refractivity contribution in [3.8, 4) is 5.75 Å². The number of hydrogen-bond donors (Lipinski definition) is 1. The molecular weight excluding hydrogens is 408 g/mol. The summed E-state index contributed by atoms with van der Waals surface area (Å²) in [6, 6.07) is 6.02. The molecule has 0 fully saturated rings. The number of ether oxygens (including phenoxy) is 1. The highest BCUT2D eigenvalue weighted by molar-refractivity contribution is 7.99. The molecule has 2 heterocycles. The van der Waals surface area contributed by atoms with Crippen LogP contribution in [0.5, 0.6) is 5.75 Å². The fraction of sp³-hybridized carbons (Fsp3) is 0.421. The zero-order valence-corrected chi connectivity index (χ0v) is 18.7. The first kappa shape index (κ1) is 21.3. The molecule has 1 N–H and O–H groups in total. The number of aryl methyl sites for hydroxylation is 3. The summed E-state index contributed by atoms with van der Waals surface area (Å²) in [5, 5.41) is 21.1. The van der Waals surface area contributed by atoms with Gasteiger partial charge >= 0.3 is 0 Å². The normalized spacial score (nSPS) is 12.0. The minimum absolute atomic E-state index is 0.155. The van der Waals surface area contributed by atoms with Crippen molar-refractivity contribution in [2.24, 2.45) is 0 Å². The predicted octanol–water partition coefficient (Wildman–Crippen LogP) is 3.95. The van der Waals surface area contributed by atoms with Crippen LogP contribution in [0, 0.1) is 20.8 Å². The number of benzene rings is 1. The zero-order chi connectivity index (χ0) is 21.0. The Bertz CT molecular complexity index is 1000. The van der Waals surface area contributed by atoms with E-state index in [1.165, 1.54) is 34.2 Å². The van der Waals surface area contributed by atoms with Crippen molar-refractivity contribution >= 4 is 34.1 Å². The average Bonchev–Trinajstić information content (AvgIpc) is 3.28. The molecule has 154 valence electrons. The summed E-state index contributed by atoms with van der Waals surface area (Å²) < 4.78 is 8.04. The van der Waals surface area contributed by atoms with E-state index in [1.54, 1.807) is 0 Å². The minimum Gasteiger partial charge on any atom is -0.483 e. The lowest BCUT2D eigenvalue weighted by Crippen LogP contribution is -2.15. The monoisotopic (exact) mass is 432 g/mol. The third kappa shape index (κ3) is 5.33. The fourth-order valence-corrected chi connectivity index (χ4v) is 4.10. The highest BCUT2D eigenvalue weighted by atomic mass is 32.2. The van der Waals surface area contributed by atoms with Crippen molar-refractivity contribution in [3.63, 3.8) is 0 Å². The fourth-order valence-electron chi connectivity index (χ4n) is 2.68. The van der Waals surface area contributed by atoms with Crippen molar-refractivity contribution < 1.29 is 9.53 Å². The number of carbonyl (C=O) groups excluding carboxylic acids is 1. The first-order chi connectivity index (χ1) is 13.9. The van der Waals surface area contributed by atoms with Crippen molar-refractivity contribution in [1.29, 1.82) is 0 Å². The van der Waals surface area contributed by atoms with Gasteiger partial charge in [-0.25, -0.2) is 0 Å². The third-order valence-electron chi connectivity index (χ3n) is 4.32. The first-order valence-corrected chi connectivity index (χ1v) is 11.1. The van der Waals surface area contributed by atoms with Crippen LogP contribution in [0.4, 0.5) is 5.13 Å². The number of nitrogens with one attached hydrogen (secondary N) is 1. The van der Waals surface area contributed by atoms with E-state index in [0.29, 0.717) is 16.8 Å². The van der Waals surface area contributed by atoms with Crippen molar-refractivity contribution in [1.82, 2.24) is 25.0 Å². The lowest BCUT2D eigenvalue weighted by atomic mass is 10.1. The van der Waals surface area contributed by atoms with Crippen LogP contribution in [0.1, 0.15) is 41.9 Å². The highest BCUT2D eigenvalue weighted by Gasteiger charge is 2.20. The SMILES string of the molecule is CCn1c(SCC(=O)Nc2nnc(C)s2)nnc1C(C)Oc1ccc(C)c(C)c1. The number of thioether (sulfide) groups is 1. The Labute approximate surface area is 178 Å². The van der Waals surface area contributed by atoms with Gasteiger partial charge < -0.3 is 9.30 Å². The lowest BCUT2D eigenvalue weighted by molar-refractivity contribution is -0.113. The Balaban J connectivity index is 1.64. The summed E-state index contributed by atoms with van der Waals surface area (Å²) in [6.07, 6.45) is -0.267. The summed E-state index contributed by atoms with van der Waals surface area (Å²) in [5.41, 5.74) is 2.40. The van der Waals surface area contributed by atoms with E-state index < -0.39 is 0 Å². The molecule has 0 bridgehead atoms. The van der Waals surface area contributed by atoms with Crippen molar-refractivity contribution in [2.45, 2.75) is 52.4 Å². The molecule has 29 heavy (non-hydrogen) atoms. The van der Waals surface area contributed by atoms with Crippen LogP contribution in [-0.4, -0.2) is 36.6 Å². The minimum atomic E-state index is -0.267. The quantitative estimate of drug-likeness (QED) is 0.539. The highest BCUT2D eigenvalue weighted by Crippen LogP contribution is 2.26. The molecule has 0 aliphatic carbocycles. The van der Waals surface area contributed by atoms with E-state index >= 15 is 0 Å². The number of nitrogens with zero attached hydrogens (tertiary/aromatic N) is 5. The Morgan fingerprint density at radius 3 is 2.66 bits per heavy atom. The number of carbonyl (C=O) groups is 1. The molecule has 0 saturated carbocycles. The molecule has 1 amide bonds. The number of anilines is 1. The average molecular weight is 433 g/mol. The molecule has 0 spiro atoms. The molecule has 1 atom stereocenters. The van der Waals surface area contributed by atoms with Crippen LogP contribution < -0.4 is 10.1 Å². The van der Waals surface area contributed by atoms with Crippen LogP contribution in [0.15, 0.2) is 23.4 Å². The van der Waals surface area contributed by atoms with Crippen LogP contribution >= 0.6 is 23.1 Å². The standard InChI is InChI=1S/C19H24N6O2S2/c1-6-25-17(13(4)27-15-8-7-11(2)12(3)9-15)22-24-19(25)28-10-16(26)20-18-23-21-14(5)29-18/h7-9,13H,6,10H2,1-5H3,(H,20,23,26). The molecule has 0 saturated heterocycles. The molecule has 8 nitrogen and oxygen atoms in total. The van der Waals surface area contributed by atoms with Gasteiger partial charge in [0.25, 0.3) is 0 Å². The molecule has 3 rings (SSSR count). The van der Waals surface area contributed by atoms with Gasteiger partial charge in [-0.2, -0.15) is 0 Å². The molecule has 0 aliphatic rings. The topological polar surface area (TPSA) is 94.8 Å². The predicted molar refractivity (Wildman–Crippen MR) is 115 cm³/mol. The second-order valence-electron chi connectivity index (χ2n) is 6.55. The third-order valence-corrected chi connectivity index (χ3v) is 6.04. The van der Waals surface area contributed by atoms with Gasteiger partial charge in [-0.1, -0.05) is 29.2 Å². The van der Waals surface area contributed by atoms with Gasteiger partial charge in [0.1, 0.15) is 10.8 Å². The van der Waals surface area contributed by atoms with Gasteiger partial charge in [0.2, 0.25) is 11.0 Å². The largest absolute Gasteiger partial charge is 0.483 e. The van der Waals surface area contributed by atoms with E-state index in [1.807, 2.05) is 43.5 Å². The molecular formula is C19H24N6O2S2. The first-order valence-electron chi connectivity index (χ1n) is 9.27. The number of rotatable bonds is 8. The Hall–Kier alpha value is -2.46. The smallest absolute Gasteiger partial charge is 0.236 e. The van der Waals surface area contributed by atoms with E-state index in [4.69, 9.17) is 4.74 Å². The summed E-state index contributed by atoms with van der Waals surface area (Å²) in [7, 11) is 0. The maximum Gasteiger partial charge on any atom is 0.236 e. The van der Waals surface area contributed by atoms with Gasteiger partial charge in [0.05, 0.1) is 5.75 Å². The van der Waals surface area contributed by atoms with Crippen LogP contribution in [0.2, 0.25) is 0 Å². The second kappa shape index (κ2) is 9.36. The molecule has 3 aromatic rings. The molecule has 0 radical (unpaired) electrons. The van der Waals surface area contributed by atoms with Gasteiger partial charge in [-0.05, 0) is 57.9 Å². The van der Waals surface area contributed by atoms with E-state index in [2.05, 4.69) is 39.6 Å². The van der Waals surface area contributed by atoms with Crippen molar-refractivity contribution in [3.05, 3.63) is 40.2 Å². The van der Waals surface area contributed by atoms with Crippen LogP contribution in [0.3, 0.4) is 0 Å². The van der Waals surface area contributed by atoms with Gasteiger partial charge in [-0.3, -0.25) is 10.1 Å². The van der Waals surface area contributed by atoms with E-state index in [9.17, 15) is 4.79 Å². The zero-order valence-electron chi connectivity index (χ0n) is 17.1. The molecule has 1 aromatic carbocycles. The van der Waals surface area contributed by atoms with Gasteiger partial charge in [-0.15, -0.1) is 20.4 Å². The lowest BCUT2D eigenvalue weighted by Gasteiger charge is -2.16. The molecule has 2 aromatic heterocycles. The Morgan fingerprint density at radius 2 is 2.00 bits per heavy atom. The maximum absolute atomic E-state index is 12.2. The number of hydrogen-bond acceptors (Lipinski definition) is 8. The van der Waals surface area contributed by atoms with E-state index in [-0.39, 0.29) is 17.8 Å². The Morgan fingerprint density at radius 1 is 1.21 bits per heavy atom. The van der Waals surface area contributed by atoms with E-state index in [0.717, 1.165) is 16.6 Å². The number of aromatic nitrogens is 5. The number of amides is 1. The summed E-state index contributed by atoms with van der Waals surface area (Å²) in [6.45, 7) is 10.6. The maximum atomic E-state index is 12.2. The summed E-state index contributed by atoms with van der Waals surface area (Å²) >= 11 is 2.68. The summed E-state index contributed by atoms with van der Waals surface area (Å²) in [5.74, 6) is 1.58. The molecule has 1 unspecified atom stereocenters. The Kier molecular flexibility index (Phi) is 6.86. The van der Waals surface area contributed by atoms with Crippen LogP contribution in [0.25, 0.3) is 0 Å². The van der Waals surface area contributed by atoms with Crippen LogP contribution in [-0.2, 0) is 11.3 Å². The second-order valence-corrected chi connectivity index (χ2v) is 8.68.